The van der Waals surface area contributed by atoms with Crippen LogP contribution in [0.4, 0.5) is 0 Å². The van der Waals surface area contributed by atoms with E-state index in [9.17, 15) is 4.79 Å². The van der Waals surface area contributed by atoms with Crippen molar-refractivity contribution in [2.24, 2.45) is 0 Å². The lowest BCUT2D eigenvalue weighted by atomic mass is 10.4. The summed E-state index contributed by atoms with van der Waals surface area (Å²) in [6.45, 7) is 3.58. The number of carbonyl (C=O) groups is 1. The predicted molar refractivity (Wildman–Crippen MR) is 60.6 cm³/mol. The van der Waals surface area contributed by atoms with Gasteiger partial charge in [0.1, 0.15) is 0 Å². The molecule has 0 atom stereocenters. The number of carboxylic acid groups (broad SMARTS) is 1. The first-order valence-corrected chi connectivity index (χ1v) is 5.17. The zero-order valence-corrected chi connectivity index (χ0v) is 9.93. The van der Waals surface area contributed by atoms with Crippen molar-refractivity contribution in [3.8, 4) is 5.82 Å². The van der Waals surface area contributed by atoms with Gasteiger partial charge in [0.05, 0.1) is 16.4 Å². The molecule has 2 aromatic heterocycles. The van der Waals surface area contributed by atoms with Crippen molar-refractivity contribution in [2.45, 2.75) is 13.8 Å². The molecule has 0 radical (unpaired) electrons. The van der Waals surface area contributed by atoms with E-state index in [1.807, 2.05) is 0 Å². The van der Waals surface area contributed by atoms with Crippen molar-refractivity contribution in [3.05, 3.63) is 34.2 Å². The molecule has 7 heteroatoms. The summed E-state index contributed by atoms with van der Waals surface area (Å²) in [5.41, 5.74) is 1.32. The highest BCUT2D eigenvalue weighted by atomic mass is 35.5. The number of aryl methyl sites for hydroxylation is 1. The fraction of sp³-hybridized carbons (Fsp3) is 0.200. The molecule has 1 N–H and O–H groups in total. The van der Waals surface area contributed by atoms with Crippen molar-refractivity contribution in [1.29, 1.82) is 0 Å². The molecule has 0 saturated heterocycles. The third-order valence-corrected chi connectivity index (χ3v) is 2.84. The molecule has 2 aromatic rings. The maximum absolute atomic E-state index is 10.6. The summed E-state index contributed by atoms with van der Waals surface area (Å²) in [4.78, 5) is 10.6. The molecule has 17 heavy (non-hydrogen) atoms. The Hall–Kier alpha value is -1.95. The van der Waals surface area contributed by atoms with Crippen LogP contribution in [0, 0.1) is 13.8 Å². The zero-order chi connectivity index (χ0) is 12.6. The van der Waals surface area contributed by atoms with Crippen LogP contribution in [0.25, 0.3) is 5.82 Å². The summed E-state index contributed by atoms with van der Waals surface area (Å²) in [5, 5.41) is 20.8. The number of nitrogens with zero attached hydrogens (tertiary/aromatic N) is 4. The number of aromatic carboxylic acids is 1. The van der Waals surface area contributed by atoms with E-state index in [0.717, 1.165) is 5.69 Å². The van der Waals surface area contributed by atoms with Crippen molar-refractivity contribution in [1.82, 2.24) is 20.0 Å². The van der Waals surface area contributed by atoms with Crippen LogP contribution < -0.4 is 0 Å². The van der Waals surface area contributed by atoms with Gasteiger partial charge in [-0.25, -0.2) is 9.48 Å². The van der Waals surface area contributed by atoms with Gasteiger partial charge in [0.2, 0.25) is 0 Å². The second-order valence-corrected chi connectivity index (χ2v) is 3.86. The van der Waals surface area contributed by atoms with Crippen molar-refractivity contribution >= 4 is 17.6 Å². The molecule has 0 bridgehead atoms. The number of carboxylic acids is 1. The minimum atomic E-state index is -1.12. The molecule has 2 rings (SSSR count). The fourth-order valence-electron chi connectivity index (χ4n) is 1.40. The molecule has 2 heterocycles. The van der Waals surface area contributed by atoms with Crippen LogP contribution in [0.2, 0.25) is 5.02 Å². The lowest BCUT2D eigenvalue weighted by Crippen LogP contribution is -2.07. The average Bonchev–Trinajstić information content (AvgIpc) is 2.57. The molecular formula is C10H9ClN4O2. The van der Waals surface area contributed by atoms with Crippen LogP contribution in [0.15, 0.2) is 12.1 Å². The molecule has 0 saturated carbocycles. The Balaban J connectivity index is 2.47. The van der Waals surface area contributed by atoms with Crippen LogP contribution in [0.3, 0.4) is 0 Å². The Bertz CT molecular complexity index is 577. The first kappa shape index (κ1) is 11.5. The maximum Gasteiger partial charge on any atom is 0.356 e. The summed E-state index contributed by atoms with van der Waals surface area (Å²) in [6.07, 6.45) is 0. The molecule has 0 amide bonds. The van der Waals surface area contributed by atoms with Crippen LogP contribution in [-0.4, -0.2) is 31.1 Å². The van der Waals surface area contributed by atoms with E-state index in [0.29, 0.717) is 16.5 Å². The highest BCUT2D eigenvalue weighted by Gasteiger charge is 2.12. The Morgan fingerprint density at radius 1 is 1.35 bits per heavy atom. The smallest absolute Gasteiger partial charge is 0.356 e. The van der Waals surface area contributed by atoms with Gasteiger partial charge in [-0.3, -0.25) is 0 Å². The zero-order valence-electron chi connectivity index (χ0n) is 9.18. The van der Waals surface area contributed by atoms with E-state index in [1.165, 1.54) is 16.8 Å². The predicted octanol–water partition coefficient (Wildman–Crippen LogP) is 1.63. The molecule has 0 unspecified atom stereocenters. The summed E-state index contributed by atoms with van der Waals surface area (Å²) >= 11 is 6.00. The molecule has 0 spiro atoms. The first-order valence-electron chi connectivity index (χ1n) is 4.80. The molecule has 0 aromatic carbocycles. The van der Waals surface area contributed by atoms with Gasteiger partial charge in [0.15, 0.2) is 11.5 Å². The SMILES string of the molecule is Cc1nn(-c2ccc(C(=O)O)nn2)c(C)c1Cl. The first-order chi connectivity index (χ1) is 8.00. The van der Waals surface area contributed by atoms with E-state index in [-0.39, 0.29) is 5.69 Å². The molecule has 88 valence electrons. The minimum absolute atomic E-state index is 0.110. The molecular weight excluding hydrogens is 244 g/mol. The lowest BCUT2D eigenvalue weighted by Gasteiger charge is -2.02. The van der Waals surface area contributed by atoms with Gasteiger partial charge in [-0.15, -0.1) is 10.2 Å². The number of halogens is 1. The largest absolute Gasteiger partial charge is 0.476 e. The second kappa shape index (κ2) is 4.14. The highest BCUT2D eigenvalue weighted by Crippen LogP contribution is 2.21. The molecule has 0 aliphatic rings. The second-order valence-electron chi connectivity index (χ2n) is 3.48. The van der Waals surface area contributed by atoms with E-state index < -0.39 is 5.97 Å². The van der Waals surface area contributed by atoms with E-state index in [4.69, 9.17) is 16.7 Å². The lowest BCUT2D eigenvalue weighted by molar-refractivity contribution is 0.0689. The normalized spacial score (nSPS) is 10.5. The van der Waals surface area contributed by atoms with Crippen LogP contribution in [-0.2, 0) is 0 Å². The number of rotatable bonds is 2. The summed E-state index contributed by atoms with van der Waals surface area (Å²) in [6, 6.07) is 2.90. The van der Waals surface area contributed by atoms with Gasteiger partial charge in [0.25, 0.3) is 0 Å². The van der Waals surface area contributed by atoms with Crippen molar-refractivity contribution in [2.75, 3.05) is 0 Å². The third-order valence-electron chi connectivity index (χ3n) is 2.29. The standard InChI is InChI=1S/C10H9ClN4O2/c1-5-9(11)6(2)15(14-5)8-4-3-7(10(16)17)12-13-8/h3-4H,1-2H3,(H,16,17). The topological polar surface area (TPSA) is 80.9 Å². The molecule has 0 aliphatic carbocycles. The van der Waals surface area contributed by atoms with Gasteiger partial charge >= 0.3 is 5.97 Å². The van der Waals surface area contributed by atoms with E-state index >= 15 is 0 Å². The fourth-order valence-corrected chi connectivity index (χ4v) is 1.52. The summed E-state index contributed by atoms with van der Waals surface area (Å²) in [7, 11) is 0. The van der Waals surface area contributed by atoms with Crippen molar-refractivity contribution in [3.63, 3.8) is 0 Å². The molecule has 0 fully saturated rings. The number of hydrogen-bond donors (Lipinski definition) is 1. The number of hydrogen-bond acceptors (Lipinski definition) is 4. The Morgan fingerprint density at radius 3 is 2.47 bits per heavy atom. The van der Waals surface area contributed by atoms with Crippen molar-refractivity contribution < 1.29 is 9.90 Å². The van der Waals surface area contributed by atoms with Gasteiger partial charge in [-0.05, 0) is 26.0 Å². The van der Waals surface area contributed by atoms with Crippen LogP contribution in [0.1, 0.15) is 21.9 Å². The minimum Gasteiger partial charge on any atom is -0.476 e. The summed E-state index contributed by atoms with van der Waals surface area (Å²) < 4.78 is 1.52. The molecule has 6 nitrogen and oxygen atoms in total. The monoisotopic (exact) mass is 252 g/mol. The van der Waals surface area contributed by atoms with E-state index in [2.05, 4.69) is 15.3 Å². The van der Waals surface area contributed by atoms with Crippen LogP contribution >= 0.6 is 11.6 Å². The Labute approximate surface area is 102 Å². The van der Waals surface area contributed by atoms with Gasteiger partial charge in [0, 0.05) is 0 Å². The summed E-state index contributed by atoms with van der Waals surface area (Å²) in [5.74, 6) is -0.682. The third kappa shape index (κ3) is 1.99. The quantitative estimate of drug-likeness (QED) is 0.879. The van der Waals surface area contributed by atoms with E-state index in [1.54, 1.807) is 13.8 Å². The van der Waals surface area contributed by atoms with Crippen LogP contribution in [0.5, 0.6) is 0 Å². The highest BCUT2D eigenvalue weighted by molar-refractivity contribution is 6.31. The number of aromatic nitrogens is 4. The molecule has 0 aliphatic heterocycles. The Morgan fingerprint density at radius 2 is 2.06 bits per heavy atom. The average molecular weight is 253 g/mol. The Kier molecular flexibility index (Phi) is 2.81. The van der Waals surface area contributed by atoms with Gasteiger partial charge < -0.3 is 5.11 Å². The maximum atomic E-state index is 10.6. The van der Waals surface area contributed by atoms with Gasteiger partial charge in [-0.1, -0.05) is 11.6 Å². The van der Waals surface area contributed by atoms with Gasteiger partial charge in [-0.2, -0.15) is 5.10 Å².